The van der Waals surface area contributed by atoms with Crippen LogP contribution in [0.15, 0.2) is 53.3 Å². The summed E-state index contributed by atoms with van der Waals surface area (Å²) in [6.45, 7) is 12.1. The highest BCUT2D eigenvalue weighted by molar-refractivity contribution is 5.87. The summed E-state index contributed by atoms with van der Waals surface area (Å²) in [6, 6.07) is 16.3. The minimum atomic E-state index is -0.218. The van der Waals surface area contributed by atoms with Gasteiger partial charge in [0.15, 0.2) is 0 Å². The number of urea groups is 1. The lowest BCUT2D eigenvalue weighted by Crippen LogP contribution is -2.54. The maximum absolute atomic E-state index is 12.5. The average Bonchev–Trinajstić information content (AvgIpc) is 2.74. The Kier molecular flexibility index (Phi) is 6.07. The van der Waals surface area contributed by atoms with Gasteiger partial charge in [-0.25, -0.2) is 4.79 Å². The van der Waals surface area contributed by atoms with Crippen LogP contribution in [-0.2, 0) is 6.54 Å². The monoisotopic (exact) mass is 432 g/mol. The zero-order valence-corrected chi connectivity index (χ0v) is 19.4. The molecule has 0 unspecified atom stereocenters. The number of H-pyrrole nitrogens is 1. The molecule has 32 heavy (non-hydrogen) atoms. The van der Waals surface area contributed by atoms with Gasteiger partial charge in [0.25, 0.3) is 5.56 Å². The molecule has 6 heteroatoms. The first-order valence-electron chi connectivity index (χ1n) is 11.2. The van der Waals surface area contributed by atoms with Crippen LogP contribution in [0.5, 0.6) is 0 Å². The van der Waals surface area contributed by atoms with E-state index in [0.29, 0.717) is 0 Å². The highest BCUT2D eigenvalue weighted by atomic mass is 16.2. The van der Waals surface area contributed by atoms with E-state index >= 15 is 0 Å². The van der Waals surface area contributed by atoms with Gasteiger partial charge in [-0.1, -0.05) is 36.4 Å². The number of aromatic nitrogens is 1. The summed E-state index contributed by atoms with van der Waals surface area (Å²) in [5, 5.41) is 4.75. The third-order valence-corrected chi connectivity index (χ3v) is 5.92. The highest BCUT2D eigenvalue weighted by Crippen LogP contribution is 2.23. The number of nitrogens with zero attached hydrogens (tertiary/aromatic N) is 2. The molecule has 1 aliphatic heterocycles. The van der Waals surface area contributed by atoms with E-state index in [2.05, 4.69) is 45.5 Å². The Hall–Kier alpha value is -3.12. The predicted molar refractivity (Wildman–Crippen MR) is 130 cm³/mol. The van der Waals surface area contributed by atoms with E-state index in [9.17, 15) is 9.59 Å². The molecule has 0 atom stereocenters. The molecule has 6 nitrogen and oxygen atoms in total. The van der Waals surface area contributed by atoms with Gasteiger partial charge >= 0.3 is 6.03 Å². The largest absolute Gasteiger partial charge is 0.333 e. The fourth-order valence-electron chi connectivity index (χ4n) is 4.15. The zero-order chi connectivity index (χ0) is 22.9. The minimum Gasteiger partial charge on any atom is -0.333 e. The summed E-state index contributed by atoms with van der Waals surface area (Å²) in [5.41, 5.74) is 3.88. The molecule has 0 saturated carbocycles. The van der Waals surface area contributed by atoms with Crippen molar-refractivity contribution in [3.05, 3.63) is 70.0 Å². The number of carbonyl (C=O) groups is 1. The smallest absolute Gasteiger partial charge is 0.317 e. The summed E-state index contributed by atoms with van der Waals surface area (Å²) in [5.74, 6) is 0. The number of nitrogens with one attached hydrogen (secondary N) is 2. The number of fused-ring (bicyclic) bond motifs is 1. The normalized spacial score (nSPS) is 15.2. The van der Waals surface area contributed by atoms with E-state index in [1.807, 2.05) is 50.8 Å². The van der Waals surface area contributed by atoms with Crippen molar-refractivity contribution in [1.29, 1.82) is 0 Å². The van der Waals surface area contributed by atoms with Gasteiger partial charge in [-0.2, -0.15) is 0 Å². The summed E-state index contributed by atoms with van der Waals surface area (Å²) in [6.07, 6.45) is 0. The standard InChI is InChI=1S/C26H32N4O2/c1-18-6-5-7-21-22(18)16-23(27-24(21)31)20-10-8-19(9-11-20)17-29-12-14-30(15-13-29)25(32)28-26(2,3)4/h5-11,16H,12-15,17H2,1-4H3,(H,27,31)(H,28,32). The molecule has 2 heterocycles. The number of amides is 2. The number of rotatable bonds is 3. The predicted octanol–water partition coefficient (Wildman–Crippen LogP) is 4.13. The SMILES string of the molecule is Cc1cccc2c(=O)[nH]c(-c3ccc(CN4CCN(C(=O)NC(C)(C)C)CC4)cc3)cc12. The van der Waals surface area contributed by atoms with Crippen LogP contribution >= 0.6 is 0 Å². The first-order chi connectivity index (χ1) is 15.2. The van der Waals surface area contributed by atoms with Crippen LogP contribution < -0.4 is 10.9 Å². The van der Waals surface area contributed by atoms with Crippen molar-refractivity contribution in [2.45, 2.75) is 39.8 Å². The average molecular weight is 433 g/mol. The Balaban J connectivity index is 1.40. The Bertz CT molecular complexity index is 1170. The lowest BCUT2D eigenvalue weighted by molar-refractivity contribution is 0.131. The van der Waals surface area contributed by atoms with Crippen molar-refractivity contribution < 1.29 is 4.79 Å². The molecule has 0 radical (unpaired) electrons. The summed E-state index contributed by atoms with van der Waals surface area (Å²) < 4.78 is 0. The van der Waals surface area contributed by atoms with Crippen molar-refractivity contribution in [3.8, 4) is 11.3 Å². The molecule has 1 aliphatic rings. The second kappa shape index (κ2) is 8.79. The molecule has 2 amide bonds. The van der Waals surface area contributed by atoms with Crippen molar-refractivity contribution in [2.24, 2.45) is 0 Å². The Morgan fingerprint density at radius 2 is 1.69 bits per heavy atom. The van der Waals surface area contributed by atoms with E-state index in [0.717, 1.165) is 60.3 Å². The van der Waals surface area contributed by atoms with E-state index in [1.54, 1.807) is 0 Å². The van der Waals surface area contributed by atoms with Crippen molar-refractivity contribution in [1.82, 2.24) is 20.1 Å². The number of pyridine rings is 1. The van der Waals surface area contributed by atoms with Crippen LogP contribution in [0.4, 0.5) is 4.79 Å². The summed E-state index contributed by atoms with van der Waals surface area (Å²) in [7, 11) is 0. The molecule has 1 saturated heterocycles. The zero-order valence-electron chi connectivity index (χ0n) is 19.4. The molecule has 0 bridgehead atoms. The van der Waals surface area contributed by atoms with Gasteiger partial charge in [-0.15, -0.1) is 0 Å². The van der Waals surface area contributed by atoms with Crippen LogP contribution in [0.3, 0.4) is 0 Å². The number of hydrogen-bond donors (Lipinski definition) is 2. The van der Waals surface area contributed by atoms with Gasteiger partial charge in [-0.3, -0.25) is 9.69 Å². The molecule has 1 fully saturated rings. The second-order valence-corrected chi connectivity index (χ2v) is 9.69. The third-order valence-electron chi connectivity index (χ3n) is 5.92. The number of benzene rings is 2. The molecule has 2 N–H and O–H groups in total. The maximum atomic E-state index is 12.5. The number of aryl methyl sites for hydroxylation is 1. The van der Waals surface area contributed by atoms with Crippen LogP contribution in [0.1, 0.15) is 31.9 Å². The first-order valence-corrected chi connectivity index (χ1v) is 11.2. The summed E-state index contributed by atoms with van der Waals surface area (Å²) in [4.78, 5) is 32.1. The molecule has 3 aromatic rings. The molecule has 1 aromatic heterocycles. The highest BCUT2D eigenvalue weighted by Gasteiger charge is 2.24. The van der Waals surface area contributed by atoms with Gasteiger partial charge < -0.3 is 15.2 Å². The van der Waals surface area contributed by atoms with Gasteiger partial charge in [0.05, 0.1) is 0 Å². The third kappa shape index (κ3) is 5.02. The van der Waals surface area contributed by atoms with Crippen LogP contribution in [0, 0.1) is 6.92 Å². The van der Waals surface area contributed by atoms with Crippen molar-refractivity contribution in [2.75, 3.05) is 26.2 Å². The molecule has 168 valence electrons. The topological polar surface area (TPSA) is 68.4 Å². The van der Waals surface area contributed by atoms with E-state index < -0.39 is 0 Å². The molecule has 0 spiro atoms. The molecule has 2 aromatic carbocycles. The first kappa shape index (κ1) is 22.1. The number of hydrogen-bond acceptors (Lipinski definition) is 3. The molecular weight excluding hydrogens is 400 g/mol. The fraction of sp³-hybridized carbons (Fsp3) is 0.385. The van der Waals surface area contributed by atoms with Crippen LogP contribution in [-0.4, -0.2) is 52.5 Å². The molecular formula is C26H32N4O2. The number of carbonyl (C=O) groups excluding carboxylic acids is 1. The van der Waals surface area contributed by atoms with Crippen molar-refractivity contribution in [3.63, 3.8) is 0 Å². The van der Waals surface area contributed by atoms with E-state index in [1.165, 1.54) is 5.56 Å². The molecule has 0 aliphatic carbocycles. The lowest BCUT2D eigenvalue weighted by Gasteiger charge is -2.36. The lowest BCUT2D eigenvalue weighted by atomic mass is 10.0. The fourth-order valence-corrected chi connectivity index (χ4v) is 4.15. The Labute approximate surface area is 189 Å². The quantitative estimate of drug-likeness (QED) is 0.654. The molecule has 4 rings (SSSR count). The van der Waals surface area contributed by atoms with Gasteiger partial charge in [0.2, 0.25) is 0 Å². The minimum absolute atomic E-state index is 0.0149. The number of aromatic amines is 1. The van der Waals surface area contributed by atoms with E-state index in [-0.39, 0.29) is 17.1 Å². The van der Waals surface area contributed by atoms with Crippen LogP contribution in [0.25, 0.3) is 22.0 Å². The second-order valence-electron chi connectivity index (χ2n) is 9.69. The van der Waals surface area contributed by atoms with Gasteiger partial charge in [-0.05, 0) is 61.9 Å². The van der Waals surface area contributed by atoms with Gasteiger partial charge in [0, 0.05) is 49.3 Å². The number of piperazine rings is 1. The van der Waals surface area contributed by atoms with E-state index in [4.69, 9.17) is 0 Å². The Morgan fingerprint density at radius 3 is 2.34 bits per heavy atom. The Morgan fingerprint density at radius 1 is 1.00 bits per heavy atom. The summed E-state index contributed by atoms with van der Waals surface area (Å²) >= 11 is 0. The van der Waals surface area contributed by atoms with Gasteiger partial charge in [0.1, 0.15) is 0 Å². The maximum Gasteiger partial charge on any atom is 0.317 e. The van der Waals surface area contributed by atoms with Crippen molar-refractivity contribution >= 4 is 16.8 Å². The van der Waals surface area contributed by atoms with Crippen LogP contribution in [0.2, 0.25) is 0 Å².